The average Bonchev–Trinajstić information content (AvgIpc) is 2.79. The lowest BCUT2D eigenvalue weighted by Gasteiger charge is -2.30. The Kier molecular flexibility index (Phi) is 12.8. The second-order valence-electron chi connectivity index (χ2n) is 7.24. The van der Waals surface area contributed by atoms with E-state index in [0.717, 1.165) is 30.8 Å². The van der Waals surface area contributed by atoms with Gasteiger partial charge in [0.15, 0.2) is 5.96 Å². The summed E-state index contributed by atoms with van der Waals surface area (Å²) in [5, 5.41) is 6.77. The van der Waals surface area contributed by atoms with E-state index >= 15 is 0 Å². The van der Waals surface area contributed by atoms with E-state index in [0.29, 0.717) is 12.5 Å². The molecule has 2 aromatic carbocycles. The van der Waals surface area contributed by atoms with Gasteiger partial charge in [0.2, 0.25) is 10.0 Å². The van der Waals surface area contributed by atoms with Crippen LogP contribution >= 0.6 is 24.0 Å². The van der Waals surface area contributed by atoms with Crippen molar-refractivity contribution in [3.8, 4) is 0 Å². The summed E-state index contributed by atoms with van der Waals surface area (Å²) in [5.41, 5.74) is 3.02. The third-order valence-corrected chi connectivity index (χ3v) is 6.58. The monoisotopic (exact) mass is 573 g/mol. The van der Waals surface area contributed by atoms with Crippen molar-refractivity contribution in [1.82, 2.24) is 20.3 Å². The predicted molar refractivity (Wildman–Crippen MR) is 144 cm³/mol. The molecule has 0 spiro atoms. The molecule has 0 aliphatic carbocycles. The lowest BCUT2D eigenvalue weighted by Crippen LogP contribution is -2.43. The first-order valence-corrected chi connectivity index (χ1v) is 12.3. The predicted octanol–water partition coefficient (Wildman–Crippen LogP) is 3.10. The molecular weight excluding hydrogens is 537 g/mol. The quantitative estimate of drug-likeness (QED) is 0.219. The Balaban J connectivity index is 0.00000512. The van der Waals surface area contributed by atoms with Crippen LogP contribution in [0.2, 0.25) is 0 Å². The van der Waals surface area contributed by atoms with Crippen LogP contribution < -0.4 is 15.4 Å². The van der Waals surface area contributed by atoms with E-state index in [1.54, 1.807) is 7.05 Å². The van der Waals surface area contributed by atoms with Gasteiger partial charge in [0.25, 0.3) is 0 Å². The van der Waals surface area contributed by atoms with Gasteiger partial charge >= 0.3 is 0 Å². The second-order valence-corrected chi connectivity index (χ2v) is 9.16. The van der Waals surface area contributed by atoms with Crippen LogP contribution in [-0.2, 0) is 22.3 Å². The van der Waals surface area contributed by atoms with Gasteiger partial charge in [0.1, 0.15) is 0 Å². The Hall–Kier alpha value is -1.69. The molecule has 0 bridgehead atoms. The van der Waals surface area contributed by atoms with Crippen molar-refractivity contribution in [2.24, 2.45) is 4.99 Å². The van der Waals surface area contributed by atoms with E-state index in [9.17, 15) is 8.42 Å². The molecule has 0 radical (unpaired) electrons. The first kappa shape index (κ1) is 28.3. The Labute approximate surface area is 210 Å². The maximum atomic E-state index is 11.8. The van der Waals surface area contributed by atoms with Crippen molar-refractivity contribution in [2.75, 3.05) is 33.7 Å². The summed E-state index contributed by atoms with van der Waals surface area (Å²) in [6, 6.07) is 18.3. The van der Waals surface area contributed by atoms with Crippen LogP contribution in [0.4, 0.5) is 0 Å². The van der Waals surface area contributed by atoms with Crippen LogP contribution in [0.15, 0.2) is 59.6 Å². The molecule has 32 heavy (non-hydrogen) atoms. The van der Waals surface area contributed by atoms with E-state index < -0.39 is 10.0 Å². The third kappa shape index (κ3) is 9.05. The number of hydrogen-bond acceptors (Lipinski definition) is 4. The number of aliphatic imine (C=N–C) groups is 1. The van der Waals surface area contributed by atoms with E-state index in [1.807, 2.05) is 30.3 Å². The number of halogens is 1. The first-order chi connectivity index (χ1) is 14.9. The Bertz CT molecular complexity index is 934. The Morgan fingerprint density at radius 3 is 2.25 bits per heavy atom. The number of sulfonamides is 1. The van der Waals surface area contributed by atoms with E-state index in [1.165, 1.54) is 12.6 Å². The third-order valence-electron chi connectivity index (χ3n) is 5.24. The fraction of sp³-hybridized carbons (Fsp3) is 0.435. The highest BCUT2D eigenvalue weighted by Crippen LogP contribution is 2.19. The van der Waals surface area contributed by atoms with Crippen LogP contribution in [0.1, 0.15) is 36.6 Å². The maximum Gasteiger partial charge on any atom is 0.215 e. The standard InChI is InChI=1S/C23H35N5O2S.HI/c1-5-28(6-2)22(21-13-8-7-9-14-21)17-27-23(24-3)26-16-19-11-10-12-20(15-19)18-31(29,30)25-4;/h7-15,22,25H,5-6,16-18H2,1-4H3,(H2,24,26,27);1H. The van der Waals surface area contributed by atoms with Crippen molar-refractivity contribution >= 4 is 40.0 Å². The summed E-state index contributed by atoms with van der Waals surface area (Å²) in [6.45, 7) is 7.56. The topological polar surface area (TPSA) is 85.8 Å². The zero-order valence-corrected chi connectivity index (χ0v) is 22.5. The highest BCUT2D eigenvalue weighted by molar-refractivity contribution is 14.0. The summed E-state index contributed by atoms with van der Waals surface area (Å²) >= 11 is 0. The maximum absolute atomic E-state index is 11.8. The zero-order chi connectivity index (χ0) is 22.7. The van der Waals surface area contributed by atoms with Crippen LogP contribution in [0.25, 0.3) is 0 Å². The number of benzene rings is 2. The molecule has 0 amide bonds. The molecule has 9 heteroatoms. The van der Waals surface area contributed by atoms with Crippen molar-refractivity contribution in [3.63, 3.8) is 0 Å². The minimum Gasteiger partial charge on any atom is -0.354 e. The smallest absolute Gasteiger partial charge is 0.215 e. The van der Waals surface area contributed by atoms with Gasteiger partial charge in [-0.1, -0.05) is 68.4 Å². The van der Waals surface area contributed by atoms with Gasteiger partial charge in [0.05, 0.1) is 11.8 Å². The molecule has 3 N–H and O–H groups in total. The van der Waals surface area contributed by atoms with Crippen molar-refractivity contribution < 1.29 is 8.42 Å². The molecule has 178 valence electrons. The molecule has 0 aliphatic heterocycles. The van der Waals surface area contributed by atoms with Crippen molar-refractivity contribution in [2.45, 2.75) is 32.2 Å². The fourth-order valence-electron chi connectivity index (χ4n) is 3.52. The van der Waals surface area contributed by atoms with Gasteiger partial charge in [-0.25, -0.2) is 13.1 Å². The summed E-state index contributed by atoms with van der Waals surface area (Å²) in [4.78, 5) is 6.76. The molecule has 0 saturated carbocycles. The van der Waals surface area contributed by atoms with Gasteiger partial charge in [0, 0.05) is 20.1 Å². The highest BCUT2D eigenvalue weighted by Gasteiger charge is 2.18. The summed E-state index contributed by atoms with van der Waals surface area (Å²) in [7, 11) is -0.116. The molecule has 2 aromatic rings. The Morgan fingerprint density at radius 2 is 1.66 bits per heavy atom. The molecule has 0 fully saturated rings. The number of likely N-dealkylation sites (N-methyl/N-ethyl adjacent to an activating group) is 1. The van der Waals surface area contributed by atoms with E-state index in [2.05, 4.69) is 63.4 Å². The SMILES string of the molecule is CCN(CC)C(CNC(=NC)NCc1cccc(CS(=O)(=O)NC)c1)c1ccccc1.I. The van der Waals surface area contributed by atoms with Gasteiger partial charge in [-0.05, 0) is 36.8 Å². The fourth-order valence-corrected chi connectivity index (χ4v) is 4.28. The van der Waals surface area contributed by atoms with Crippen LogP contribution in [0.3, 0.4) is 0 Å². The number of hydrogen-bond donors (Lipinski definition) is 3. The highest BCUT2D eigenvalue weighted by atomic mass is 127. The number of nitrogens with zero attached hydrogens (tertiary/aromatic N) is 2. The van der Waals surface area contributed by atoms with Gasteiger partial charge in [-0.3, -0.25) is 9.89 Å². The summed E-state index contributed by atoms with van der Waals surface area (Å²) < 4.78 is 26.0. The molecule has 0 saturated heterocycles. The van der Waals surface area contributed by atoms with Crippen molar-refractivity contribution in [3.05, 3.63) is 71.3 Å². The number of guanidine groups is 1. The van der Waals surface area contributed by atoms with E-state index in [4.69, 9.17) is 0 Å². The molecule has 1 unspecified atom stereocenters. The average molecular weight is 574 g/mol. The lowest BCUT2D eigenvalue weighted by molar-refractivity contribution is 0.219. The molecule has 0 aromatic heterocycles. The normalized spacial score (nSPS) is 12.8. The molecule has 0 heterocycles. The molecule has 0 aliphatic rings. The molecular formula is C23H36IN5O2S. The number of nitrogens with one attached hydrogen (secondary N) is 3. The molecule has 2 rings (SSSR count). The largest absolute Gasteiger partial charge is 0.354 e. The van der Waals surface area contributed by atoms with E-state index in [-0.39, 0.29) is 35.8 Å². The lowest BCUT2D eigenvalue weighted by atomic mass is 10.1. The second kappa shape index (κ2) is 14.5. The number of rotatable bonds is 11. The first-order valence-electron chi connectivity index (χ1n) is 10.6. The minimum absolute atomic E-state index is 0. The summed E-state index contributed by atoms with van der Waals surface area (Å²) in [6.07, 6.45) is 0. The Morgan fingerprint density at radius 1 is 1.00 bits per heavy atom. The van der Waals surface area contributed by atoms with Crippen LogP contribution in [-0.4, -0.2) is 53.0 Å². The molecule has 7 nitrogen and oxygen atoms in total. The van der Waals surface area contributed by atoms with Gasteiger partial charge < -0.3 is 10.6 Å². The van der Waals surface area contributed by atoms with Gasteiger partial charge in [-0.2, -0.15) is 0 Å². The van der Waals surface area contributed by atoms with Gasteiger partial charge in [-0.15, -0.1) is 24.0 Å². The molecule has 1 atom stereocenters. The van der Waals surface area contributed by atoms with Crippen molar-refractivity contribution in [1.29, 1.82) is 0 Å². The van der Waals surface area contributed by atoms with Crippen LogP contribution in [0.5, 0.6) is 0 Å². The zero-order valence-electron chi connectivity index (χ0n) is 19.3. The van der Waals surface area contributed by atoms with Crippen LogP contribution in [0, 0.1) is 0 Å². The minimum atomic E-state index is -3.29. The summed E-state index contributed by atoms with van der Waals surface area (Å²) in [5.74, 6) is 0.675.